The molecule has 1 spiro atoms. The molecule has 152 valence electrons. The number of benzene rings is 1. The van der Waals surface area contributed by atoms with Crippen LogP contribution in [0, 0.1) is 0 Å². The second kappa shape index (κ2) is 7.82. The van der Waals surface area contributed by atoms with Gasteiger partial charge in [0.1, 0.15) is 29.4 Å². The lowest BCUT2D eigenvalue weighted by molar-refractivity contribution is -0.148. The van der Waals surface area contributed by atoms with E-state index in [0.717, 1.165) is 34.1 Å². The molecule has 0 bridgehead atoms. The summed E-state index contributed by atoms with van der Waals surface area (Å²) in [6, 6.07) is 7.00. The summed E-state index contributed by atoms with van der Waals surface area (Å²) in [5, 5.41) is 5.36. The molecule has 1 aliphatic heterocycles. The second-order valence-corrected chi connectivity index (χ2v) is 8.00. The van der Waals surface area contributed by atoms with Gasteiger partial charge in [0, 0.05) is 10.9 Å². The van der Waals surface area contributed by atoms with Gasteiger partial charge >= 0.3 is 12.0 Å². The predicted octanol–water partition coefficient (Wildman–Crippen LogP) is 2.73. The monoisotopic (exact) mass is 415 g/mol. The third kappa shape index (κ3) is 3.82. The number of rotatable bonds is 6. The Morgan fingerprint density at radius 1 is 1.24 bits per heavy atom. The lowest BCUT2D eigenvalue weighted by atomic mass is 9.98. The fraction of sp³-hybridized carbons (Fsp3) is 0.400. The number of ether oxygens (including phenoxy) is 2. The van der Waals surface area contributed by atoms with E-state index in [2.05, 4.69) is 10.3 Å². The van der Waals surface area contributed by atoms with E-state index >= 15 is 0 Å². The van der Waals surface area contributed by atoms with Gasteiger partial charge in [-0.3, -0.25) is 14.5 Å². The summed E-state index contributed by atoms with van der Waals surface area (Å²) in [5.41, 5.74) is 0.729. The van der Waals surface area contributed by atoms with Crippen molar-refractivity contribution in [3.63, 3.8) is 0 Å². The van der Waals surface area contributed by atoms with E-state index in [4.69, 9.17) is 9.47 Å². The summed E-state index contributed by atoms with van der Waals surface area (Å²) in [6.07, 6.45) is 3.03. The van der Waals surface area contributed by atoms with Crippen LogP contribution in [0.3, 0.4) is 0 Å². The average molecular weight is 415 g/mol. The van der Waals surface area contributed by atoms with Crippen LogP contribution >= 0.6 is 11.3 Å². The molecule has 1 N–H and O–H groups in total. The first-order valence-electron chi connectivity index (χ1n) is 9.39. The van der Waals surface area contributed by atoms with Crippen molar-refractivity contribution < 1.29 is 23.9 Å². The molecular weight excluding hydrogens is 394 g/mol. The van der Waals surface area contributed by atoms with Crippen LogP contribution in [-0.4, -0.2) is 47.0 Å². The Kier molecular flexibility index (Phi) is 5.23. The van der Waals surface area contributed by atoms with E-state index in [1.54, 1.807) is 7.11 Å². The SMILES string of the molecule is COc1ccc(-c2nc(COC(=O)CN3C(=O)NC4(CCCC4)C3=O)cs2)cc1. The van der Waals surface area contributed by atoms with Crippen molar-refractivity contribution in [2.75, 3.05) is 13.7 Å². The third-order valence-electron chi connectivity index (χ3n) is 5.26. The van der Waals surface area contributed by atoms with E-state index < -0.39 is 17.5 Å². The van der Waals surface area contributed by atoms with Crippen molar-refractivity contribution in [3.8, 4) is 16.3 Å². The standard InChI is InChI=1S/C20H21N3O5S/c1-27-15-6-4-13(5-7-15)17-21-14(12-29-17)11-28-16(24)10-23-18(25)20(22-19(23)26)8-2-3-9-20/h4-7,12H,2-3,8-11H2,1H3,(H,22,26). The molecule has 1 saturated carbocycles. The number of urea groups is 1. The Morgan fingerprint density at radius 2 is 1.97 bits per heavy atom. The maximum absolute atomic E-state index is 12.6. The molecule has 3 amide bonds. The van der Waals surface area contributed by atoms with Gasteiger partial charge in [0.25, 0.3) is 5.91 Å². The van der Waals surface area contributed by atoms with Crippen LogP contribution in [0.2, 0.25) is 0 Å². The van der Waals surface area contributed by atoms with Crippen LogP contribution in [0.25, 0.3) is 10.6 Å². The zero-order valence-electron chi connectivity index (χ0n) is 16.0. The summed E-state index contributed by atoms with van der Waals surface area (Å²) < 4.78 is 10.4. The van der Waals surface area contributed by atoms with Gasteiger partial charge in [0.15, 0.2) is 0 Å². The van der Waals surface area contributed by atoms with E-state index in [-0.39, 0.29) is 19.1 Å². The molecule has 2 fully saturated rings. The summed E-state index contributed by atoms with van der Waals surface area (Å²) >= 11 is 1.44. The number of nitrogens with one attached hydrogen (secondary N) is 1. The molecule has 1 aromatic carbocycles. The van der Waals surface area contributed by atoms with Crippen molar-refractivity contribution in [2.24, 2.45) is 0 Å². The third-order valence-corrected chi connectivity index (χ3v) is 6.20. The molecule has 0 unspecified atom stereocenters. The highest BCUT2D eigenvalue weighted by Crippen LogP contribution is 2.35. The Balaban J connectivity index is 1.32. The van der Waals surface area contributed by atoms with Crippen LogP contribution in [0.4, 0.5) is 4.79 Å². The Bertz CT molecular complexity index is 934. The molecule has 0 atom stereocenters. The van der Waals surface area contributed by atoms with Gasteiger partial charge < -0.3 is 14.8 Å². The number of nitrogens with zero attached hydrogens (tertiary/aromatic N) is 2. The molecule has 1 aromatic heterocycles. The smallest absolute Gasteiger partial charge is 0.326 e. The molecule has 4 rings (SSSR count). The molecule has 29 heavy (non-hydrogen) atoms. The van der Waals surface area contributed by atoms with E-state index in [1.807, 2.05) is 29.6 Å². The quantitative estimate of drug-likeness (QED) is 0.575. The molecule has 2 heterocycles. The topological polar surface area (TPSA) is 97.8 Å². The van der Waals surface area contributed by atoms with Gasteiger partial charge in [0.2, 0.25) is 0 Å². The summed E-state index contributed by atoms with van der Waals surface area (Å²) in [4.78, 5) is 42.3. The molecule has 2 aliphatic rings. The number of esters is 1. The highest BCUT2D eigenvalue weighted by atomic mass is 32.1. The van der Waals surface area contributed by atoms with E-state index in [0.29, 0.717) is 18.5 Å². The molecule has 9 heteroatoms. The number of hydrogen-bond acceptors (Lipinski definition) is 7. The van der Waals surface area contributed by atoms with Crippen molar-refractivity contribution in [1.82, 2.24) is 15.2 Å². The molecule has 0 radical (unpaired) electrons. The van der Waals surface area contributed by atoms with Gasteiger partial charge in [-0.15, -0.1) is 11.3 Å². The summed E-state index contributed by atoms with van der Waals surface area (Å²) in [5.74, 6) is -0.200. The van der Waals surface area contributed by atoms with Crippen LogP contribution in [0.5, 0.6) is 5.75 Å². The average Bonchev–Trinajstić information content (AvgIpc) is 3.44. The lowest BCUT2D eigenvalue weighted by Crippen LogP contribution is -2.44. The van der Waals surface area contributed by atoms with Crippen LogP contribution < -0.4 is 10.1 Å². The minimum atomic E-state index is -0.820. The van der Waals surface area contributed by atoms with Crippen molar-refractivity contribution >= 4 is 29.2 Å². The van der Waals surface area contributed by atoms with Crippen molar-refractivity contribution in [1.29, 1.82) is 0 Å². The zero-order chi connectivity index (χ0) is 20.4. The highest BCUT2D eigenvalue weighted by Gasteiger charge is 2.52. The fourth-order valence-corrected chi connectivity index (χ4v) is 4.52. The van der Waals surface area contributed by atoms with Gasteiger partial charge in [-0.2, -0.15) is 0 Å². The first kappa shape index (κ1) is 19.4. The fourth-order valence-electron chi connectivity index (χ4n) is 3.71. The maximum Gasteiger partial charge on any atom is 0.326 e. The number of amides is 3. The van der Waals surface area contributed by atoms with Gasteiger partial charge in [-0.1, -0.05) is 12.8 Å². The molecular formula is C20H21N3O5S. The van der Waals surface area contributed by atoms with Crippen molar-refractivity contribution in [2.45, 2.75) is 37.8 Å². The number of imide groups is 1. The Hall–Kier alpha value is -2.94. The van der Waals surface area contributed by atoms with Crippen LogP contribution in [0.1, 0.15) is 31.4 Å². The lowest BCUT2D eigenvalue weighted by Gasteiger charge is -2.19. The first-order chi connectivity index (χ1) is 14.0. The number of methoxy groups -OCH3 is 1. The molecule has 2 aromatic rings. The number of carbonyl (C=O) groups excluding carboxylic acids is 3. The largest absolute Gasteiger partial charge is 0.497 e. The number of hydrogen-bond donors (Lipinski definition) is 1. The minimum absolute atomic E-state index is 0.0136. The van der Waals surface area contributed by atoms with Crippen molar-refractivity contribution in [3.05, 3.63) is 35.3 Å². The second-order valence-electron chi connectivity index (χ2n) is 7.14. The van der Waals surface area contributed by atoms with Gasteiger partial charge in [-0.25, -0.2) is 9.78 Å². The summed E-state index contributed by atoms with van der Waals surface area (Å²) in [6.45, 7) is -0.401. The Labute approximate surface area is 171 Å². The maximum atomic E-state index is 12.6. The minimum Gasteiger partial charge on any atom is -0.497 e. The molecule has 1 saturated heterocycles. The van der Waals surface area contributed by atoms with Crippen LogP contribution in [0.15, 0.2) is 29.6 Å². The van der Waals surface area contributed by atoms with Crippen LogP contribution in [-0.2, 0) is 20.9 Å². The normalized spacial score (nSPS) is 17.6. The predicted molar refractivity (Wildman–Crippen MR) is 105 cm³/mol. The van der Waals surface area contributed by atoms with E-state index in [9.17, 15) is 14.4 Å². The molecule has 1 aliphatic carbocycles. The molecule has 8 nitrogen and oxygen atoms in total. The van der Waals surface area contributed by atoms with Gasteiger partial charge in [0.05, 0.1) is 12.8 Å². The zero-order valence-corrected chi connectivity index (χ0v) is 16.8. The first-order valence-corrected chi connectivity index (χ1v) is 10.3. The number of carbonyl (C=O) groups is 3. The number of aromatic nitrogens is 1. The Morgan fingerprint density at radius 3 is 2.66 bits per heavy atom. The van der Waals surface area contributed by atoms with Gasteiger partial charge in [-0.05, 0) is 37.1 Å². The highest BCUT2D eigenvalue weighted by molar-refractivity contribution is 7.13. The number of thiazole rings is 1. The summed E-state index contributed by atoms with van der Waals surface area (Å²) in [7, 11) is 1.61. The van der Waals surface area contributed by atoms with E-state index in [1.165, 1.54) is 11.3 Å².